The van der Waals surface area contributed by atoms with Crippen molar-refractivity contribution in [3.05, 3.63) is 100 Å². The summed E-state index contributed by atoms with van der Waals surface area (Å²) in [6, 6.07) is 18.0. The Morgan fingerprint density at radius 1 is 1.05 bits per heavy atom. The predicted molar refractivity (Wildman–Crippen MR) is 159 cm³/mol. The average Bonchev–Trinajstić information content (AvgIpc) is 3.57. The lowest BCUT2D eigenvalue weighted by molar-refractivity contribution is -0.132. The second kappa shape index (κ2) is 11.6. The monoisotopic (exact) mass is 603 g/mol. The van der Waals surface area contributed by atoms with Gasteiger partial charge in [0.25, 0.3) is 5.78 Å². The number of carbonyl (C=O) groups is 2. The number of hydrogen-bond acceptors (Lipinski definition) is 9. The molecule has 1 amide bonds. The first-order valence-corrected chi connectivity index (χ1v) is 15.1. The van der Waals surface area contributed by atoms with Gasteiger partial charge in [-0.15, -0.1) is 10.2 Å². The molecule has 6 rings (SSSR count). The van der Waals surface area contributed by atoms with Gasteiger partial charge in [0.1, 0.15) is 24.8 Å². The molecule has 4 aromatic rings. The Morgan fingerprint density at radius 2 is 1.79 bits per heavy atom. The van der Waals surface area contributed by atoms with Crippen LogP contribution in [0, 0.1) is 5.82 Å². The number of halogens is 1. The zero-order valence-corrected chi connectivity index (χ0v) is 24.4. The molecule has 0 aliphatic carbocycles. The van der Waals surface area contributed by atoms with Crippen molar-refractivity contribution >= 4 is 45.7 Å². The summed E-state index contributed by atoms with van der Waals surface area (Å²) in [6.45, 7) is 4.92. The normalized spacial score (nSPS) is 17.7. The standard InChI is InChI=1S/C31H26FN3O5S2/c1-17(2)18-7-9-19(10-8-18)26-25(27(36)20-11-12-23-24(15-20)40-14-13-39-23)28(37)29(38)35(26)30-33-34-31(42-30)41-16-21-5-3-4-6-22(21)32/h3-12,15,17,26,36H,13-14,16H2,1-2H3/t26-/m0/s1. The molecule has 0 spiro atoms. The fourth-order valence-corrected chi connectivity index (χ4v) is 6.72. The summed E-state index contributed by atoms with van der Waals surface area (Å²) in [6.07, 6.45) is 0. The van der Waals surface area contributed by atoms with Gasteiger partial charge in [0.05, 0.1) is 11.6 Å². The summed E-state index contributed by atoms with van der Waals surface area (Å²) in [7, 11) is 0. The number of aliphatic hydroxyl groups excluding tert-OH is 1. The van der Waals surface area contributed by atoms with Gasteiger partial charge in [0.2, 0.25) is 5.13 Å². The minimum absolute atomic E-state index is 0.0651. The Kier molecular flexibility index (Phi) is 7.70. The average molecular weight is 604 g/mol. The van der Waals surface area contributed by atoms with Crippen molar-refractivity contribution < 1.29 is 28.6 Å². The molecule has 1 aromatic heterocycles. The third kappa shape index (κ3) is 5.25. The Morgan fingerprint density at radius 3 is 2.52 bits per heavy atom. The van der Waals surface area contributed by atoms with E-state index in [4.69, 9.17) is 9.47 Å². The maximum atomic E-state index is 14.1. The number of rotatable bonds is 7. The van der Waals surface area contributed by atoms with Crippen LogP contribution in [0.25, 0.3) is 5.76 Å². The molecule has 11 heteroatoms. The van der Waals surface area contributed by atoms with Crippen LogP contribution in [0.2, 0.25) is 0 Å². The zero-order chi connectivity index (χ0) is 29.4. The molecule has 1 N–H and O–H groups in total. The lowest BCUT2D eigenvalue weighted by Gasteiger charge is -2.23. The SMILES string of the molecule is CC(C)c1ccc([C@H]2C(=C(O)c3ccc4c(c3)OCCO4)C(=O)C(=O)N2c2nnc(SCc3ccccc3F)s2)cc1. The highest BCUT2D eigenvalue weighted by Gasteiger charge is 2.48. The maximum Gasteiger partial charge on any atom is 0.301 e. The molecule has 0 unspecified atom stereocenters. The highest BCUT2D eigenvalue weighted by molar-refractivity contribution is 8.00. The molecular weight excluding hydrogens is 577 g/mol. The number of amides is 1. The van der Waals surface area contributed by atoms with Crippen molar-refractivity contribution in [1.29, 1.82) is 0 Å². The van der Waals surface area contributed by atoms with Gasteiger partial charge < -0.3 is 14.6 Å². The van der Waals surface area contributed by atoms with Gasteiger partial charge in [0.15, 0.2) is 15.8 Å². The maximum absolute atomic E-state index is 14.1. The molecule has 2 aliphatic rings. The molecular formula is C31H26FN3O5S2. The van der Waals surface area contributed by atoms with Crippen LogP contribution in [0.4, 0.5) is 9.52 Å². The molecule has 214 valence electrons. The van der Waals surface area contributed by atoms with E-state index < -0.39 is 17.7 Å². The van der Waals surface area contributed by atoms with Crippen LogP contribution >= 0.6 is 23.1 Å². The molecule has 3 heterocycles. The fraction of sp³-hybridized carbons (Fsp3) is 0.226. The number of thioether (sulfide) groups is 1. The summed E-state index contributed by atoms with van der Waals surface area (Å²) in [5, 5.41) is 20.1. The predicted octanol–water partition coefficient (Wildman–Crippen LogP) is 6.49. The lowest BCUT2D eigenvalue weighted by atomic mass is 9.93. The highest BCUT2D eigenvalue weighted by atomic mass is 32.2. The van der Waals surface area contributed by atoms with Gasteiger partial charge in [-0.3, -0.25) is 14.5 Å². The third-order valence-corrected chi connectivity index (χ3v) is 9.19. The van der Waals surface area contributed by atoms with E-state index in [1.54, 1.807) is 36.4 Å². The number of aromatic nitrogens is 2. The van der Waals surface area contributed by atoms with E-state index in [-0.39, 0.29) is 28.2 Å². The molecule has 1 fully saturated rings. The van der Waals surface area contributed by atoms with E-state index in [0.29, 0.717) is 51.5 Å². The first kappa shape index (κ1) is 27.9. The lowest BCUT2D eigenvalue weighted by Crippen LogP contribution is -2.29. The number of carbonyl (C=O) groups excluding carboxylic acids is 2. The minimum Gasteiger partial charge on any atom is -0.507 e. The second-order valence-corrected chi connectivity index (χ2v) is 12.3. The summed E-state index contributed by atoms with van der Waals surface area (Å²) >= 11 is 2.41. The highest BCUT2D eigenvalue weighted by Crippen LogP contribution is 2.45. The van der Waals surface area contributed by atoms with Crippen molar-refractivity contribution in [3.8, 4) is 11.5 Å². The molecule has 0 saturated carbocycles. The third-order valence-electron chi connectivity index (χ3n) is 7.09. The largest absolute Gasteiger partial charge is 0.507 e. The van der Waals surface area contributed by atoms with Crippen molar-refractivity contribution in [2.24, 2.45) is 0 Å². The van der Waals surface area contributed by atoms with Crippen LogP contribution in [-0.4, -0.2) is 40.2 Å². The summed E-state index contributed by atoms with van der Waals surface area (Å²) in [5.74, 6) is -0.727. The molecule has 42 heavy (non-hydrogen) atoms. The Balaban J connectivity index is 1.40. The molecule has 8 nitrogen and oxygen atoms in total. The Bertz CT molecular complexity index is 1700. The molecule has 1 atom stereocenters. The van der Waals surface area contributed by atoms with E-state index in [1.807, 2.05) is 24.3 Å². The van der Waals surface area contributed by atoms with Gasteiger partial charge >= 0.3 is 5.91 Å². The van der Waals surface area contributed by atoms with Crippen molar-refractivity contribution in [2.45, 2.75) is 35.9 Å². The number of hydrogen-bond donors (Lipinski definition) is 1. The minimum atomic E-state index is -0.947. The van der Waals surface area contributed by atoms with E-state index in [1.165, 1.54) is 22.7 Å². The number of Topliss-reactive ketones (excluding diaryl/α,β-unsaturated/α-hetero) is 1. The van der Waals surface area contributed by atoms with E-state index >= 15 is 0 Å². The first-order chi connectivity index (χ1) is 20.3. The molecule has 0 radical (unpaired) electrons. The van der Waals surface area contributed by atoms with Gasteiger partial charge in [-0.2, -0.15) is 0 Å². The topological polar surface area (TPSA) is 102 Å². The van der Waals surface area contributed by atoms with Crippen LogP contribution in [0.15, 0.2) is 76.6 Å². The molecule has 2 aliphatic heterocycles. The second-order valence-electron chi connectivity index (χ2n) is 10.1. The molecule has 3 aromatic carbocycles. The van der Waals surface area contributed by atoms with Crippen LogP contribution in [0.5, 0.6) is 11.5 Å². The van der Waals surface area contributed by atoms with E-state index in [0.717, 1.165) is 16.9 Å². The Labute approximate surface area is 249 Å². The van der Waals surface area contributed by atoms with E-state index in [2.05, 4.69) is 24.0 Å². The number of ketones is 1. The van der Waals surface area contributed by atoms with Crippen molar-refractivity contribution in [2.75, 3.05) is 18.1 Å². The zero-order valence-electron chi connectivity index (χ0n) is 22.7. The van der Waals surface area contributed by atoms with Crippen LogP contribution in [-0.2, 0) is 15.3 Å². The number of ether oxygens (including phenoxy) is 2. The number of fused-ring (bicyclic) bond motifs is 1. The quantitative estimate of drug-likeness (QED) is 0.0841. The first-order valence-electron chi connectivity index (χ1n) is 13.3. The van der Waals surface area contributed by atoms with Crippen molar-refractivity contribution in [3.63, 3.8) is 0 Å². The van der Waals surface area contributed by atoms with Crippen LogP contribution in [0.3, 0.4) is 0 Å². The summed E-state index contributed by atoms with van der Waals surface area (Å²) in [5.41, 5.74) is 2.49. The molecule has 1 saturated heterocycles. The summed E-state index contributed by atoms with van der Waals surface area (Å²) < 4.78 is 25.9. The van der Waals surface area contributed by atoms with Gasteiger partial charge in [-0.25, -0.2) is 4.39 Å². The fourth-order valence-electron chi connectivity index (χ4n) is 4.87. The number of anilines is 1. The van der Waals surface area contributed by atoms with Gasteiger partial charge in [0, 0.05) is 11.3 Å². The Hall–Kier alpha value is -4.22. The van der Waals surface area contributed by atoms with Crippen molar-refractivity contribution in [1.82, 2.24) is 10.2 Å². The number of aliphatic hydroxyl groups is 1. The molecule has 0 bridgehead atoms. The van der Waals surface area contributed by atoms with Gasteiger partial charge in [-0.1, -0.05) is 79.4 Å². The summed E-state index contributed by atoms with van der Waals surface area (Å²) in [4.78, 5) is 28.4. The van der Waals surface area contributed by atoms with Gasteiger partial charge in [-0.05, 0) is 46.9 Å². The van der Waals surface area contributed by atoms with E-state index in [9.17, 15) is 19.1 Å². The number of benzene rings is 3. The van der Waals surface area contributed by atoms with Crippen LogP contribution in [0.1, 0.15) is 48.1 Å². The number of nitrogens with zero attached hydrogens (tertiary/aromatic N) is 3. The van der Waals surface area contributed by atoms with Crippen LogP contribution < -0.4 is 14.4 Å². The smallest absolute Gasteiger partial charge is 0.301 e.